The van der Waals surface area contributed by atoms with Crippen LogP contribution in [0.1, 0.15) is 0 Å². The lowest BCUT2D eigenvalue weighted by molar-refractivity contribution is -0.347. The van der Waals surface area contributed by atoms with E-state index in [0.717, 1.165) is 0 Å². The van der Waals surface area contributed by atoms with Crippen molar-refractivity contribution in [3.8, 4) is 0 Å². The smallest absolute Gasteiger partial charge is 0.193 e. The highest BCUT2D eigenvalue weighted by Crippen LogP contribution is 2.25. The van der Waals surface area contributed by atoms with Crippen LogP contribution in [0, 0.1) is 0 Å². The Labute approximate surface area is 94.2 Å². The molecule has 17 heavy (non-hydrogen) atoms. The standard InChI is InChI=1S/C8H11FO8/c9-3-4(11)2(1-10)16-8(3)17-5(6(12)13)7(14)15/h2-5,8,10-11H,1H2,(H,12,13)(H,14,15)/p-2/t2-,3+,4-,8-/m1/s1. The van der Waals surface area contributed by atoms with Crippen molar-refractivity contribution in [1.29, 1.82) is 0 Å². The highest BCUT2D eigenvalue weighted by Gasteiger charge is 2.45. The van der Waals surface area contributed by atoms with Crippen LogP contribution in [0.25, 0.3) is 0 Å². The average Bonchev–Trinajstić information content (AvgIpc) is 2.52. The molecule has 98 valence electrons. The molecule has 0 spiro atoms. The van der Waals surface area contributed by atoms with Crippen molar-refractivity contribution in [3.05, 3.63) is 0 Å². The zero-order chi connectivity index (χ0) is 13.2. The molecule has 1 heterocycles. The molecule has 1 rings (SSSR count). The van der Waals surface area contributed by atoms with E-state index in [1.807, 2.05) is 0 Å². The van der Waals surface area contributed by atoms with Crippen molar-refractivity contribution >= 4 is 11.9 Å². The summed E-state index contributed by atoms with van der Waals surface area (Å²) >= 11 is 0. The van der Waals surface area contributed by atoms with Gasteiger partial charge < -0.3 is 39.5 Å². The summed E-state index contributed by atoms with van der Waals surface area (Å²) in [5.41, 5.74) is 0. The number of carbonyl (C=O) groups excluding carboxylic acids is 2. The minimum absolute atomic E-state index is 0.733. The third-order valence-corrected chi connectivity index (χ3v) is 2.15. The lowest BCUT2D eigenvalue weighted by Gasteiger charge is -2.24. The summed E-state index contributed by atoms with van der Waals surface area (Å²) in [7, 11) is 0. The van der Waals surface area contributed by atoms with Crippen LogP contribution < -0.4 is 10.2 Å². The third kappa shape index (κ3) is 2.88. The van der Waals surface area contributed by atoms with Crippen molar-refractivity contribution in [3.63, 3.8) is 0 Å². The molecule has 0 amide bonds. The van der Waals surface area contributed by atoms with E-state index in [2.05, 4.69) is 9.47 Å². The van der Waals surface area contributed by atoms with Gasteiger partial charge in [-0.3, -0.25) is 0 Å². The molecule has 2 N–H and O–H groups in total. The fraction of sp³-hybridized carbons (Fsp3) is 0.750. The average molecular weight is 252 g/mol. The predicted octanol–water partition coefficient (Wildman–Crippen LogP) is -4.71. The number of carboxylic acid groups (broad SMARTS) is 2. The fourth-order valence-corrected chi connectivity index (χ4v) is 1.29. The molecule has 0 aliphatic carbocycles. The van der Waals surface area contributed by atoms with Gasteiger partial charge in [0.25, 0.3) is 0 Å². The molecule has 1 aliphatic rings. The molecular weight excluding hydrogens is 243 g/mol. The lowest BCUT2D eigenvalue weighted by atomic mass is 10.2. The van der Waals surface area contributed by atoms with E-state index in [-0.39, 0.29) is 0 Å². The van der Waals surface area contributed by atoms with Crippen LogP contribution in [0.4, 0.5) is 4.39 Å². The molecule has 0 radical (unpaired) electrons. The number of hydrogen-bond acceptors (Lipinski definition) is 8. The van der Waals surface area contributed by atoms with Crippen LogP contribution in [0.15, 0.2) is 0 Å². The van der Waals surface area contributed by atoms with E-state index >= 15 is 0 Å². The molecule has 0 unspecified atom stereocenters. The maximum absolute atomic E-state index is 13.3. The van der Waals surface area contributed by atoms with E-state index in [1.165, 1.54) is 0 Å². The number of ether oxygens (including phenoxy) is 2. The van der Waals surface area contributed by atoms with E-state index in [9.17, 15) is 24.2 Å². The normalized spacial score (nSPS) is 32.9. The highest BCUT2D eigenvalue weighted by atomic mass is 19.1. The zero-order valence-corrected chi connectivity index (χ0v) is 8.32. The van der Waals surface area contributed by atoms with Crippen LogP contribution in [-0.4, -0.2) is 59.5 Å². The van der Waals surface area contributed by atoms with Gasteiger partial charge in [-0.25, -0.2) is 4.39 Å². The van der Waals surface area contributed by atoms with Crippen molar-refractivity contribution in [2.75, 3.05) is 6.61 Å². The number of aliphatic hydroxyl groups is 2. The Kier molecular flexibility index (Phi) is 4.34. The van der Waals surface area contributed by atoms with Crippen LogP contribution in [0.5, 0.6) is 0 Å². The molecule has 0 aromatic rings. The van der Waals surface area contributed by atoms with Crippen molar-refractivity contribution in [2.45, 2.75) is 30.8 Å². The second kappa shape index (κ2) is 5.36. The molecule has 1 fully saturated rings. The van der Waals surface area contributed by atoms with Gasteiger partial charge in [0, 0.05) is 0 Å². The van der Waals surface area contributed by atoms with Gasteiger partial charge in [-0.15, -0.1) is 0 Å². The molecule has 9 heteroatoms. The SMILES string of the molecule is O=C([O-])C(O[C@H]1O[C@H](CO)[C@@H](O)[C@@H]1F)C(=O)[O-]. The van der Waals surface area contributed by atoms with Gasteiger partial charge in [0.05, 0.1) is 18.5 Å². The van der Waals surface area contributed by atoms with Crippen molar-refractivity contribution in [2.24, 2.45) is 0 Å². The molecule has 1 saturated heterocycles. The van der Waals surface area contributed by atoms with Gasteiger partial charge in [-0.2, -0.15) is 0 Å². The minimum Gasteiger partial charge on any atom is -0.547 e. The van der Waals surface area contributed by atoms with Crippen molar-refractivity contribution < 1.29 is 43.9 Å². The van der Waals surface area contributed by atoms with Gasteiger partial charge in [-0.05, 0) is 0 Å². The first-order valence-corrected chi connectivity index (χ1v) is 4.54. The summed E-state index contributed by atoms with van der Waals surface area (Å²) in [6, 6.07) is 0. The summed E-state index contributed by atoms with van der Waals surface area (Å²) < 4.78 is 22.1. The summed E-state index contributed by atoms with van der Waals surface area (Å²) in [4.78, 5) is 20.6. The topological polar surface area (TPSA) is 139 Å². The maximum Gasteiger partial charge on any atom is 0.193 e. The predicted molar refractivity (Wildman–Crippen MR) is 41.5 cm³/mol. The fourth-order valence-electron chi connectivity index (χ4n) is 1.29. The number of aliphatic carboxylic acids is 2. The Morgan fingerprint density at radius 1 is 1.41 bits per heavy atom. The monoisotopic (exact) mass is 252 g/mol. The van der Waals surface area contributed by atoms with Gasteiger partial charge in [0.2, 0.25) is 0 Å². The van der Waals surface area contributed by atoms with Crippen LogP contribution in [-0.2, 0) is 19.1 Å². The second-order valence-corrected chi connectivity index (χ2v) is 3.31. The largest absolute Gasteiger partial charge is 0.547 e. The number of aliphatic hydroxyl groups excluding tert-OH is 2. The Bertz CT molecular complexity index is 294. The first kappa shape index (κ1) is 13.8. The number of alkyl halides is 1. The summed E-state index contributed by atoms with van der Waals surface area (Å²) in [5.74, 6) is -4.27. The van der Waals surface area contributed by atoms with Gasteiger partial charge in [0.1, 0.15) is 18.3 Å². The van der Waals surface area contributed by atoms with Crippen LogP contribution in [0.2, 0.25) is 0 Å². The lowest BCUT2D eigenvalue weighted by Crippen LogP contribution is -2.51. The number of carbonyl (C=O) groups is 2. The highest BCUT2D eigenvalue weighted by molar-refractivity contribution is 5.93. The minimum atomic E-state index is -2.53. The maximum atomic E-state index is 13.3. The molecule has 1 aliphatic heterocycles. The Morgan fingerprint density at radius 3 is 2.29 bits per heavy atom. The van der Waals surface area contributed by atoms with Crippen LogP contribution in [0.3, 0.4) is 0 Å². The number of rotatable bonds is 5. The molecule has 4 atom stereocenters. The number of carboxylic acids is 2. The third-order valence-electron chi connectivity index (χ3n) is 2.15. The van der Waals surface area contributed by atoms with Gasteiger partial charge in [-0.1, -0.05) is 0 Å². The van der Waals surface area contributed by atoms with Gasteiger partial charge in [0.15, 0.2) is 12.5 Å². The van der Waals surface area contributed by atoms with Gasteiger partial charge >= 0.3 is 0 Å². The Hall–Kier alpha value is -1.29. The summed E-state index contributed by atoms with van der Waals surface area (Å²) in [6.45, 7) is -0.733. The van der Waals surface area contributed by atoms with E-state index in [0.29, 0.717) is 0 Å². The molecule has 0 aromatic carbocycles. The first-order chi connectivity index (χ1) is 7.88. The van der Waals surface area contributed by atoms with Crippen molar-refractivity contribution in [1.82, 2.24) is 0 Å². The van der Waals surface area contributed by atoms with E-state index < -0.39 is 49.3 Å². The number of halogens is 1. The molecule has 0 saturated carbocycles. The second-order valence-electron chi connectivity index (χ2n) is 3.31. The summed E-state index contributed by atoms with van der Waals surface area (Å²) in [6.07, 6.45) is -9.70. The molecule has 8 nitrogen and oxygen atoms in total. The number of hydrogen-bond donors (Lipinski definition) is 2. The molecule has 0 aromatic heterocycles. The quantitative estimate of drug-likeness (QED) is 0.465. The summed E-state index contributed by atoms with van der Waals surface area (Å²) in [5, 5.41) is 38.5. The van der Waals surface area contributed by atoms with Crippen LogP contribution >= 0.6 is 0 Å². The van der Waals surface area contributed by atoms with E-state index in [4.69, 9.17) is 10.2 Å². The van der Waals surface area contributed by atoms with E-state index in [1.54, 1.807) is 0 Å². The zero-order valence-electron chi connectivity index (χ0n) is 8.32. The Morgan fingerprint density at radius 2 is 1.94 bits per heavy atom. The Balaban J connectivity index is 2.68. The molecule has 0 bridgehead atoms. The first-order valence-electron chi connectivity index (χ1n) is 4.54. The molecular formula is C8H9FO8-2.